The van der Waals surface area contributed by atoms with E-state index in [0.717, 1.165) is 16.1 Å². The van der Waals surface area contributed by atoms with Gasteiger partial charge in [0.2, 0.25) is 21.8 Å². The molecule has 2 aromatic carbocycles. The minimum absolute atomic E-state index is 0.0353. The number of carbonyl (C=O) groups is 2. The number of amides is 2. The Labute approximate surface area is 224 Å². The highest BCUT2D eigenvalue weighted by Gasteiger charge is 2.32. The highest BCUT2D eigenvalue weighted by molar-refractivity contribution is 7.92. The lowest BCUT2D eigenvalue weighted by Crippen LogP contribution is -2.53. The Morgan fingerprint density at radius 2 is 1.64 bits per heavy atom. The second kappa shape index (κ2) is 12.8. The minimum Gasteiger partial charge on any atom is -0.352 e. The van der Waals surface area contributed by atoms with Gasteiger partial charge in [-0.05, 0) is 55.5 Å². The van der Waals surface area contributed by atoms with Crippen LogP contribution in [-0.4, -0.2) is 50.0 Å². The first-order valence-corrected chi connectivity index (χ1v) is 14.5. The third kappa shape index (κ3) is 7.85. The van der Waals surface area contributed by atoms with Crippen molar-refractivity contribution in [1.82, 2.24) is 10.2 Å². The van der Waals surface area contributed by atoms with E-state index >= 15 is 0 Å². The molecule has 0 aliphatic rings. The van der Waals surface area contributed by atoms with Crippen LogP contribution in [0.15, 0.2) is 42.5 Å². The van der Waals surface area contributed by atoms with Crippen molar-refractivity contribution in [3.8, 4) is 0 Å². The van der Waals surface area contributed by atoms with E-state index in [1.165, 1.54) is 4.90 Å². The standard InChI is InChI=1S/C26H35Cl2N3O4S/c1-7-23(26(33)29-18(4)5)30(15-19-12-13-21(27)22(28)14-19)25(32)16-31(36(6,34)35)24-11-9-8-10-20(24)17(2)3/h8-14,17-18,23H,7,15-16H2,1-6H3,(H,29,33). The number of benzene rings is 2. The molecule has 10 heteroatoms. The van der Waals surface area contributed by atoms with Gasteiger partial charge in [-0.1, -0.05) is 68.2 Å². The average molecular weight is 557 g/mol. The molecule has 0 aliphatic carbocycles. The van der Waals surface area contributed by atoms with Gasteiger partial charge in [0.25, 0.3) is 0 Å². The summed E-state index contributed by atoms with van der Waals surface area (Å²) in [7, 11) is -3.81. The van der Waals surface area contributed by atoms with Crippen LogP contribution >= 0.6 is 23.2 Å². The van der Waals surface area contributed by atoms with Crippen molar-refractivity contribution in [1.29, 1.82) is 0 Å². The number of nitrogens with one attached hydrogen (secondary N) is 1. The van der Waals surface area contributed by atoms with Gasteiger partial charge in [0.15, 0.2) is 0 Å². The summed E-state index contributed by atoms with van der Waals surface area (Å²) in [5.41, 5.74) is 1.91. The van der Waals surface area contributed by atoms with E-state index in [0.29, 0.717) is 27.7 Å². The molecule has 0 aliphatic heterocycles. The number of halogens is 2. The summed E-state index contributed by atoms with van der Waals surface area (Å²) in [6.07, 6.45) is 1.41. The Kier molecular flexibility index (Phi) is 10.6. The summed E-state index contributed by atoms with van der Waals surface area (Å²) < 4.78 is 26.8. The second-order valence-corrected chi connectivity index (χ2v) is 12.1. The molecule has 0 radical (unpaired) electrons. The van der Waals surface area contributed by atoms with E-state index in [9.17, 15) is 18.0 Å². The van der Waals surface area contributed by atoms with Crippen molar-refractivity contribution in [2.75, 3.05) is 17.1 Å². The van der Waals surface area contributed by atoms with Crippen molar-refractivity contribution in [2.45, 2.75) is 65.6 Å². The smallest absolute Gasteiger partial charge is 0.244 e. The van der Waals surface area contributed by atoms with Crippen LogP contribution < -0.4 is 9.62 Å². The van der Waals surface area contributed by atoms with Gasteiger partial charge in [-0.25, -0.2) is 8.42 Å². The van der Waals surface area contributed by atoms with Crippen LogP contribution in [0.25, 0.3) is 0 Å². The molecular formula is C26H35Cl2N3O4S. The maximum absolute atomic E-state index is 13.8. The van der Waals surface area contributed by atoms with E-state index in [1.54, 1.807) is 30.3 Å². The number of para-hydroxylation sites is 1. The predicted octanol–water partition coefficient (Wildman–Crippen LogP) is 5.21. The topological polar surface area (TPSA) is 86.8 Å². The zero-order valence-electron chi connectivity index (χ0n) is 21.6. The molecule has 7 nitrogen and oxygen atoms in total. The Hall–Kier alpha value is -2.29. The molecule has 2 rings (SSSR count). The predicted molar refractivity (Wildman–Crippen MR) is 147 cm³/mol. The van der Waals surface area contributed by atoms with Gasteiger partial charge in [0.1, 0.15) is 12.6 Å². The van der Waals surface area contributed by atoms with E-state index in [2.05, 4.69) is 5.32 Å². The summed E-state index contributed by atoms with van der Waals surface area (Å²) in [5, 5.41) is 3.56. The minimum atomic E-state index is -3.81. The number of rotatable bonds is 11. The summed E-state index contributed by atoms with van der Waals surface area (Å²) in [6.45, 7) is 9.01. The molecule has 0 saturated carbocycles. The highest BCUT2D eigenvalue weighted by atomic mass is 35.5. The van der Waals surface area contributed by atoms with Crippen molar-refractivity contribution >= 4 is 50.7 Å². The maximum Gasteiger partial charge on any atom is 0.244 e. The van der Waals surface area contributed by atoms with Gasteiger partial charge < -0.3 is 10.2 Å². The average Bonchev–Trinajstić information content (AvgIpc) is 2.78. The van der Waals surface area contributed by atoms with Gasteiger partial charge in [0, 0.05) is 12.6 Å². The van der Waals surface area contributed by atoms with E-state index in [1.807, 2.05) is 46.8 Å². The van der Waals surface area contributed by atoms with Gasteiger partial charge in [-0.15, -0.1) is 0 Å². The Morgan fingerprint density at radius 1 is 1.00 bits per heavy atom. The van der Waals surface area contributed by atoms with Gasteiger partial charge in [-0.2, -0.15) is 0 Å². The molecule has 0 bridgehead atoms. The second-order valence-electron chi connectivity index (χ2n) is 9.34. The zero-order valence-corrected chi connectivity index (χ0v) is 23.9. The molecule has 0 heterocycles. The van der Waals surface area contributed by atoms with E-state index < -0.39 is 28.5 Å². The first-order chi connectivity index (χ1) is 16.8. The molecule has 0 fully saturated rings. The first kappa shape index (κ1) is 29.9. The quantitative estimate of drug-likeness (QED) is 0.412. The molecule has 2 aromatic rings. The first-order valence-electron chi connectivity index (χ1n) is 11.9. The van der Waals surface area contributed by atoms with Gasteiger partial charge in [-0.3, -0.25) is 13.9 Å². The van der Waals surface area contributed by atoms with Crippen LogP contribution in [0.3, 0.4) is 0 Å². The summed E-state index contributed by atoms with van der Waals surface area (Å²) in [6, 6.07) is 11.2. The number of anilines is 1. The molecule has 0 spiro atoms. The lowest BCUT2D eigenvalue weighted by atomic mass is 10.0. The summed E-state index contributed by atoms with van der Waals surface area (Å²) in [5.74, 6) is -0.779. The normalized spacial score (nSPS) is 12.5. The fourth-order valence-electron chi connectivity index (χ4n) is 3.93. The van der Waals surface area contributed by atoms with Crippen LogP contribution in [0.2, 0.25) is 10.0 Å². The van der Waals surface area contributed by atoms with Crippen LogP contribution in [0.4, 0.5) is 5.69 Å². The monoisotopic (exact) mass is 555 g/mol. The zero-order chi connectivity index (χ0) is 27.2. The molecule has 0 aromatic heterocycles. The largest absolute Gasteiger partial charge is 0.352 e. The van der Waals surface area contributed by atoms with Crippen molar-refractivity contribution in [3.63, 3.8) is 0 Å². The van der Waals surface area contributed by atoms with Crippen LogP contribution in [0, 0.1) is 0 Å². The van der Waals surface area contributed by atoms with Crippen LogP contribution in [-0.2, 0) is 26.2 Å². The molecule has 2 amide bonds. The SMILES string of the molecule is CCC(C(=O)NC(C)C)N(Cc1ccc(Cl)c(Cl)c1)C(=O)CN(c1ccccc1C(C)C)S(C)(=O)=O. The molecule has 1 unspecified atom stereocenters. The van der Waals surface area contributed by atoms with Crippen molar-refractivity contribution < 1.29 is 18.0 Å². The molecule has 0 saturated heterocycles. The Balaban J connectivity index is 2.53. The maximum atomic E-state index is 13.8. The van der Waals surface area contributed by atoms with Crippen LogP contribution in [0.1, 0.15) is 58.1 Å². The fraction of sp³-hybridized carbons (Fsp3) is 0.462. The number of hydrogen-bond donors (Lipinski definition) is 1. The number of sulfonamides is 1. The highest BCUT2D eigenvalue weighted by Crippen LogP contribution is 2.30. The van der Waals surface area contributed by atoms with Crippen LogP contribution in [0.5, 0.6) is 0 Å². The Bertz CT molecular complexity index is 1190. The Morgan fingerprint density at radius 3 is 2.17 bits per heavy atom. The van der Waals surface area contributed by atoms with E-state index in [-0.39, 0.29) is 24.4 Å². The third-order valence-electron chi connectivity index (χ3n) is 5.66. The van der Waals surface area contributed by atoms with Gasteiger partial charge >= 0.3 is 0 Å². The van der Waals surface area contributed by atoms with E-state index in [4.69, 9.17) is 23.2 Å². The molecule has 1 atom stereocenters. The number of hydrogen-bond acceptors (Lipinski definition) is 4. The van der Waals surface area contributed by atoms with Gasteiger partial charge in [0.05, 0.1) is 22.0 Å². The lowest BCUT2D eigenvalue weighted by molar-refractivity contribution is -0.140. The fourth-order valence-corrected chi connectivity index (χ4v) is 5.12. The molecule has 198 valence electrons. The molecular weight excluding hydrogens is 521 g/mol. The molecule has 36 heavy (non-hydrogen) atoms. The lowest BCUT2D eigenvalue weighted by Gasteiger charge is -2.34. The summed E-state index contributed by atoms with van der Waals surface area (Å²) >= 11 is 12.2. The van der Waals surface area contributed by atoms with Crippen molar-refractivity contribution in [3.05, 3.63) is 63.6 Å². The van der Waals surface area contributed by atoms with Crippen molar-refractivity contribution in [2.24, 2.45) is 0 Å². The summed E-state index contributed by atoms with van der Waals surface area (Å²) in [4.78, 5) is 28.2. The molecule has 1 N–H and O–H groups in total. The third-order valence-corrected chi connectivity index (χ3v) is 7.53. The number of carbonyl (C=O) groups excluding carboxylic acids is 2. The number of nitrogens with zero attached hydrogens (tertiary/aromatic N) is 2.